The van der Waals surface area contributed by atoms with Crippen molar-refractivity contribution in [3.05, 3.63) is 48.0 Å². The van der Waals surface area contributed by atoms with E-state index in [4.69, 9.17) is 4.74 Å². The molecule has 0 amide bonds. The van der Waals surface area contributed by atoms with Crippen LogP contribution in [0.25, 0.3) is 22.2 Å². The zero-order valence-electron chi connectivity index (χ0n) is 15.8. The summed E-state index contributed by atoms with van der Waals surface area (Å²) < 4.78 is 34.9. The molecule has 2 aromatic carbocycles. The second-order valence-corrected chi connectivity index (χ2v) is 8.60. The zero-order valence-corrected chi connectivity index (χ0v) is 16.6. The van der Waals surface area contributed by atoms with Crippen molar-refractivity contribution in [2.75, 3.05) is 7.11 Å². The Morgan fingerprint density at radius 3 is 2.50 bits per heavy atom. The van der Waals surface area contributed by atoms with Crippen molar-refractivity contribution in [2.45, 2.75) is 37.2 Å². The minimum atomic E-state index is -3.50. The highest BCUT2D eigenvalue weighted by atomic mass is 32.2. The van der Waals surface area contributed by atoms with Crippen molar-refractivity contribution in [1.82, 2.24) is 9.29 Å². The summed E-state index contributed by atoms with van der Waals surface area (Å²) in [7, 11) is -1.89. The molecule has 1 saturated carbocycles. The molecular formula is C21H21N3O3S. The van der Waals surface area contributed by atoms with Crippen LogP contribution in [0.3, 0.4) is 0 Å². The molecule has 3 aromatic rings. The average Bonchev–Trinajstić information content (AvgIpc) is 3.45. The molecule has 0 radical (unpaired) electrons. The fourth-order valence-electron chi connectivity index (χ4n) is 3.48. The third-order valence-corrected chi connectivity index (χ3v) is 6.57. The van der Waals surface area contributed by atoms with Gasteiger partial charge < -0.3 is 9.30 Å². The molecule has 4 rings (SSSR count). The second kappa shape index (κ2) is 6.97. The number of hydrogen-bond donors (Lipinski definition) is 1. The lowest BCUT2D eigenvalue weighted by molar-refractivity contribution is 0.415. The Kier molecular flexibility index (Phi) is 4.61. The third-order valence-electron chi connectivity index (χ3n) is 5.04. The summed E-state index contributed by atoms with van der Waals surface area (Å²) in [6.45, 7) is 2.69. The van der Waals surface area contributed by atoms with Gasteiger partial charge >= 0.3 is 0 Å². The lowest BCUT2D eigenvalue weighted by Gasteiger charge is -2.10. The first kappa shape index (κ1) is 18.5. The molecule has 1 aliphatic carbocycles. The van der Waals surface area contributed by atoms with Crippen LogP contribution in [0.4, 0.5) is 0 Å². The fraction of sp³-hybridized carbons (Fsp3) is 0.286. The number of aryl methyl sites for hydroxylation is 1. The van der Waals surface area contributed by atoms with E-state index in [0.29, 0.717) is 12.1 Å². The quantitative estimate of drug-likeness (QED) is 0.690. The third kappa shape index (κ3) is 3.15. The lowest BCUT2D eigenvalue weighted by atomic mass is 10.1. The van der Waals surface area contributed by atoms with E-state index in [1.54, 1.807) is 31.4 Å². The van der Waals surface area contributed by atoms with Gasteiger partial charge in [0.1, 0.15) is 11.8 Å². The Morgan fingerprint density at radius 2 is 1.93 bits per heavy atom. The SMILES string of the molecule is CCn1c(-c2ccc(S(=O)(=O)NC3CC3)cc2)c(C#N)c2ccc(OC)cc21. The molecule has 0 aliphatic heterocycles. The van der Waals surface area contributed by atoms with Gasteiger partial charge in [0.15, 0.2) is 0 Å². The zero-order chi connectivity index (χ0) is 19.9. The van der Waals surface area contributed by atoms with Gasteiger partial charge in [-0.15, -0.1) is 0 Å². The molecule has 0 bridgehead atoms. The molecule has 7 heteroatoms. The summed E-state index contributed by atoms with van der Waals surface area (Å²) in [4.78, 5) is 0.238. The first-order valence-electron chi connectivity index (χ1n) is 9.21. The second-order valence-electron chi connectivity index (χ2n) is 6.88. The van der Waals surface area contributed by atoms with Crippen LogP contribution in [0.2, 0.25) is 0 Å². The summed E-state index contributed by atoms with van der Waals surface area (Å²) in [6, 6.07) is 14.7. The number of hydrogen-bond acceptors (Lipinski definition) is 4. The van der Waals surface area contributed by atoms with Crippen molar-refractivity contribution < 1.29 is 13.2 Å². The highest BCUT2D eigenvalue weighted by molar-refractivity contribution is 7.89. The number of nitrogens with one attached hydrogen (secondary N) is 1. The summed E-state index contributed by atoms with van der Waals surface area (Å²) in [5.41, 5.74) is 3.08. The molecule has 0 spiro atoms. The van der Waals surface area contributed by atoms with Gasteiger partial charge in [-0.25, -0.2) is 13.1 Å². The van der Waals surface area contributed by atoms with Crippen molar-refractivity contribution in [3.8, 4) is 23.1 Å². The molecule has 0 atom stereocenters. The molecule has 144 valence electrons. The molecule has 28 heavy (non-hydrogen) atoms. The maximum Gasteiger partial charge on any atom is 0.240 e. The molecule has 6 nitrogen and oxygen atoms in total. The Balaban J connectivity index is 1.83. The normalized spacial score (nSPS) is 14.2. The van der Waals surface area contributed by atoms with Crippen molar-refractivity contribution >= 4 is 20.9 Å². The van der Waals surface area contributed by atoms with Crippen LogP contribution < -0.4 is 9.46 Å². The molecule has 0 saturated heterocycles. The smallest absolute Gasteiger partial charge is 0.240 e. The van der Waals surface area contributed by atoms with Crippen LogP contribution >= 0.6 is 0 Å². The van der Waals surface area contributed by atoms with Crippen molar-refractivity contribution in [3.63, 3.8) is 0 Å². The summed E-state index contributed by atoms with van der Waals surface area (Å²) in [6.07, 6.45) is 1.78. The van der Waals surface area contributed by atoms with Gasteiger partial charge in [0.25, 0.3) is 0 Å². The Labute approximate surface area is 164 Å². The molecule has 1 aliphatic rings. The Bertz CT molecular complexity index is 1180. The van der Waals surface area contributed by atoms with Gasteiger partial charge in [0.2, 0.25) is 10.0 Å². The number of nitriles is 1. The predicted octanol–water partition coefficient (Wildman–Crippen LogP) is 3.65. The van der Waals surface area contributed by atoms with E-state index in [9.17, 15) is 13.7 Å². The average molecular weight is 395 g/mol. The maximum absolute atomic E-state index is 12.4. The minimum Gasteiger partial charge on any atom is -0.497 e. The summed E-state index contributed by atoms with van der Waals surface area (Å²) in [5, 5.41) is 10.7. The number of fused-ring (bicyclic) bond motifs is 1. The highest BCUT2D eigenvalue weighted by Crippen LogP contribution is 2.35. The fourth-order valence-corrected chi connectivity index (χ4v) is 4.78. The van der Waals surface area contributed by atoms with Crippen molar-refractivity contribution in [2.24, 2.45) is 0 Å². The van der Waals surface area contributed by atoms with Gasteiger partial charge in [-0.2, -0.15) is 5.26 Å². The lowest BCUT2D eigenvalue weighted by Crippen LogP contribution is -2.25. The largest absolute Gasteiger partial charge is 0.497 e. The van der Waals surface area contributed by atoms with Crippen LogP contribution in [0, 0.1) is 11.3 Å². The van der Waals surface area contributed by atoms with Crippen LogP contribution in [-0.4, -0.2) is 26.1 Å². The molecule has 1 aromatic heterocycles. The van der Waals surface area contributed by atoms with Crippen LogP contribution in [0.15, 0.2) is 47.4 Å². The standard InChI is InChI=1S/C21H21N3O3S/c1-3-24-20-12-16(27-2)8-11-18(20)19(13-22)21(24)14-4-9-17(10-5-14)28(25,26)23-15-6-7-15/h4-5,8-12,15,23H,3,6-7H2,1-2H3. The van der Waals surface area contributed by atoms with Crippen LogP contribution in [0.5, 0.6) is 5.75 Å². The summed E-state index contributed by atoms with van der Waals surface area (Å²) >= 11 is 0. The van der Waals surface area contributed by atoms with E-state index in [-0.39, 0.29) is 10.9 Å². The molecule has 1 fully saturated rings. The van der Waals surface area contributed by atoms with Gasteiger partial charge in [-0.05, 0) is 49.6 Å². The van der Waals surface area contributed by atoms with E-state index < -0.39 is 10.0 Å². The van der Waals surface area contributed by atoms with Crippen LogP contribution in [0.1, 0.15) is 25.3 Å². The van der Waals surface area contributed by atoms with E-state index in [2.05, 4.69) is 15.4 Å². The van der Waals surface area contributed by atoms with E-state index in [0.717, 1.165) is 40.8 Å². The maximum atomic E-state index is 12.4. The number of aromatic nitrogens is 1. The van der Waals surface area contributed by atoms with E-state index in [1.807, 2.05) is 25.1 Å². The number of nitrogens with zero attached hydrogens (tertiary/aromatic N) is 2. The van der Waals surface area contributed by atoms with Crippen molar-refractivity contribution in [1.29, 1.82) is 5.26 Å². The molecule has 1 heterocycles. The Hall–Kier alpha value is -2.82. The van der Waals surface area contributed by atoms with Gasteiger partial charge in [-0.1, -0.05) is 12.1 Å². The monoisotopic (exact) mass is 395 g/mol. The first-order valence-corrected chi connectivity index (χ1v) is 10.7. The number of sulfonamides is 1. The predicted molar refractivity (Wildman–Crippen MR) is 108 cm³/mol. The first-order chi connectivity index (χ1) is 13.5. The summed E-state index contributed by atoms with van der Waals surface area (Å²) in [5.74, 6) is 0.725. The number of rotatable bonds is 6. The topological polar surface area (TPSA) is 84.1 Å². The number of benzene rings is 2. The number of methoxy groups -OCH3 is 1. The van der Waals surface area contributed by atoms with E-state index in [1.165, 1.54) is 0 Å². The highest BCUT2D eigenvalue weighted by Gasteiger charge is 2.28. The van der Waals surface area contributed by atoms with E-state index >= 15 is 0 Å². The Morgan fingerprint density at radius 1 is 1.21 bits per heavy atom. The van der Waals surface area contributed by atoms with Crippen LogP contribution in [-0.2, 0) is 16.6 Å². The van der Waals surface area contributed by atoms with Gasteiger partial charge in [0.05, 0.1) is 28.8 Å². The van der Waals surface area contributed by atoms with Gasteiger partial charge in [-0.3, -0.25) is 0 Å². The molecule has 0 unspecified atom stereocenters. The molecule has 1 N–H and O–H groups in total. The number of ether oxygens (including phenoxy) is 1. The molecular weight excluding hydrogens is 374 g/mol. The minimum absolute atomic E-state index is 0.0625. The van der Waals surface area contributed by atoms with Gasteiger partial charge in [0, 0.05) is 24.0 Å².